The van der Waals surface area contributed by atoms with Crippen molar-refractivity contribution in [1.29, 1.82) is 0 Å². The van der Waals surface area contributed by atoms with E-state index in [1.165, 1.54) is 12.8 Å². The molecule has 27 heavy (non-hydrogen) atoms. The molecule has 0 bridgehead atoms. The molecule has 7 nitrogen and oxygen atoms in total. The lowest BCUT2D eigenvalue weighted by molar-refractivity contribution is -0.122. The molecule has 0 rings (SSSR count). The van der Waals surface area contributed by atoms with Crippen LogP contribution >= 0.6 is 0 Å². The van der Waals surface area contributed by atoms with Crippen LogP contribution in [-0.2, 0) is 14.3 Å². The minimum absolute atomic E-state index is 0.137. The lowest BCUT2D eigenvalue weighted by Crippen LogP contribution is -2.18. The van der Waals surface area contributed by atoms with Crippen LogP contribution in [0, 0.1) is 11.8 Å². The molecule has 156 valence electrons. The molecule has 0 aliphatic carbocycles. The topological polar surface area (TPSA) is 92.2 Å². The van der Waals surface area contributed by atoms with E-state index in [1.54, 1.807) is 0 Å². The predicted octanol–water partition coefficient (Wildman–Crippen LogP) is 4.34. The van der Waals surface area contributed by atoms with E-state index < -0.39 is 0 Å². The molecule has 0 aromatic rings. The third-order valence-electron chi connectivity index (χ3n) is 3.98. The fourth-order valence-corrected chi connectivity index (χ4v) is 2.43. The molecule has 0 aliphatic heterocycles. The Labute approximate surface area is 164 Å². The van der Waals surface area contributed by atoms with E-state index in [0.717, 1.165) is 51.3 Å². The Bertz CT molecular complexity index is 409. The van der Waals surface area contributed by atoms with E-state index in [1.807, 2.05) is 0 Å². The van der Waals surface area contributed by atoms with Gasteiger partial charge in [0.1, 0.15) is 0 Å². The third kappa shape index (κ3) is 20.2. The molecule has 0 aliphatic rings. The number of amides is 2. The number of ether oxygens (including phenoxy) is 1. The average Bonchev–Trinajstić information content (AvgIpc) is 2.59. The van der Waals surface area contributed by atoms with Gasteiger partial charge >= 0.3 is 0 Å². The largest absolute Gasteiger partial charge is 0.431 e. The second kappa shape index (κ2) is 17.5. The van der Waals surface area contributed by atoms with Gasteiger partial charge in [0.2, 0.25) is 24.6 Å². The van der Waals surface area contributed by atoms with Gasteiger partial charge in [0, 0.05) is 12.8 Å². The van der Waals surface area contributed by atoms with Crippen LogP contribution in [0.25, 0.3) is 0 Å². The van der Waals surface area contributed by atoms with Crippen LogP contribution < -0.4 is 10.9 Å². The number of hydrogen-bond donors (Lipinski definition) is 2. The number of unbranched alkanes of at least 4 members (excludes halogenated alkanes) is 4. The minimum atomic E-state index is -0.137. The van der Waals surface area contributed by atoms with Crippen molar-refractivity contribution in [3.8, 4) is 0 Å². The van der Waals surface area contributed by atoms with E-state index in [2.05, 4.69) is 48.7 Å². The fourth-order valence-electron chi connectivity index (χ4n) is 2.43. The molecular weight excluding hydrogens is 344 g/mol. The zero-order chi connectivity index (χ0) is 20.3. The molecule has 7 heteroatoms. The monoisotopic (exact) mass is 382 g/mol. The second-order valence-electron chi connectivity index (χ2n) is 7.66. The van der Waals surface area contributed by atoms with Crippen molar-refractivity contribution in [2.24, 2.45) is 22.0 Å². The van der Waals surface area contributed by atoms with Crippen LogP contribution in [0.15, 0.2) is 10.2 Å². The SMILES string of the molecule is CC(C)CCCCCC(=O)NN=COC=NNC(=O)CCCCCC(C)C. The first kappa shape index (κ1) is 25.1. The molecule has 2 amide bonds. The molecule has 0 heterocycles. The summed E-state index contributed by atoms with van der Waals surface area (Å²) in [5.41, 5.74) is 4.77. The van der Waals surface area contributed by atoms with Crippen molar-refractivity contribution < 1.29 is 14.3 Å². The van der Waals surface area contributed by atoms with Crippen LogP contribution in [-0.4, -0.2) is 24.6 Å². The lowest BCUT2D eigenvalue weighted by atomic mass is 10.0. The summed E-state index contributed by atoms with van der Waals surface area (Å²) < 4.78 is 4.86. The summed E-state index contributed by atoms with van der Waals surface area (Å²) in [7, 11) is 0. The summed E-state index contributed by atoms with van der Waals surface area (Å²) >= 11 is 0. The molecule has 0 atom stereocenters. The predicted molar refractivity (Wildman–Crippen MR) is 110 cm³/mol. The number of carbonyl (C=O) groups is 2. The van der Waals surface area contributed by atoms with Gasteiger partial charge in [-0.2, -0.15) is 0 Å². The molecule has 0 spiro atoms. The van der Waals surface area contributed by atoms with E-state index >= 15 is 0 Å². The first-order chi connectivity index (χ1) is 12.9. The van der Waals surface area contributed by atoms with Crippen LogP contribution in [0.5, 0.6) is 0 Å². The smallest absolute Gasteiger partial charge is 0.240 e. The Hall–Kier alpha value is -1.92. The fraction of sp³-hybridized carbons (Fsp3) is 0.800. The summed E-state index contributed by atoms with van der Waals surface area (Å²) in [6, 6.07) is 0. The molecule has 0 unspecified atom stereocenters. The van der Waals surface area contributed by atoms with E-state index in [4.69, 9.17) is 4.74 Å². The minimum Gasteiger partial charge on any atom is -0.431 e. The van der Waals surface area contributed by atoms with Crippen LogP contribution in [0.4, 0.5) is 0 Å². The standard InChI is InChI=1S/C20H38N4O3/c1-17(2)11-7-5-9-13-19(25)23-21-15-27-16-22-24-20(26)14-10-6-8-12-18(3)4/h15-18H,5-14H2,1-4H3,(H,23,25)(H,24,26). The summed E-state index contributed by atoms with van der Waals surface area (Å²) in [5, 5.41) is 7.30. The maximum atomic E-state index is 11.5. The molecule has 0 aromatic carbocycles. The normalized spacial score (nSPS) is 11.6. The van der Waals surface area contributed by atoms with Crippen LogP contribution in [0.3, 0.4) is 0 Å². The molecule has 0 fully saturated rings. The van der Waals surface area contributed by atoms with Crippen molar-refractivity contribution in [2.45, 2.75) is 91.9 Å². The molecule has 0 radical (unpaired) electrons. The number of hydrazone groups is 2. The van der Waals surface area contributed by atoms with Gasteiger partial charge in [-0.15, -0.1) is 10.2 Å². The zero-order valence-electron chi connectivity index (χ0n) is 17.5. The van der Waals surface area contributed by atoms with Gasteiger partial charge in [-0.1, -0.05) is 66.2 Å². The molecular formula is C20H38N4O3. The van der Waals surface area contributed by atoms with Crippen molar-refractivity contribution in [2.75, 3.05) is 0 Å². The first-order valence-corrected chi connectivity index (χ1v) is 10.2. The summed E-state index contributed by atoms with van der Waals surface area (Å²) in [4.78, 5) is 23.1. The number of nitrogens with zero attached hydrogens (tertiary/aromatic N) is 2. The Morgan fingerprint density at radius 3 is 1.52 bits per heavy atom. The van der Waals surface area contributed by atoms with Gasteiger partial charge in [-0.3, -0.25) is 9.59 Å². The van der Waals surface area contributed by atoms with Gasteiger partial charge in [0.15, 0.2) is 0 Å². The maximum Gasteiger partial charge on any atom is 0.240 e. The van der Waals surface area contributed by atoms with Crippen molar-refractivity contribution in [3.05, 3.63) is 0 Å². The van der Waals surface area contributed by atoms with Gasteiger partial charge in [-0.25, -0.2) is 10.9 Å². The van der Waals surface area contributed by atoms with Crippen molar-refractivity contribution in [1.82, 2.24) is 10.9 Å². The highest BCUT2D eigenvalue weighted by Crippen LogP contribution is 2.10. The molecule has 0 saturated heterocycles. The van der Waals surface area contributed by atoms with Crippen molar-refractivity contribution in [3.63, 3.8) is 0 Å². The maximum absolute atomic E-state index is 11.5. The van der Waals surface area contributed by atoms with Crippen LogP contribution in [0.2, 0.25) is 0 Å². The van der Waals surface area contributed by atoms with E-state index in [9.17, 15) is 9.59 Å². The van der Waals surface area contributed by atoms with Gasteiger partial charge in [-0.05, 0) is 24.7 Å². The van der Waals surface area contributed by atoms with E-state index in [-0.39, 0.29) is 11.8 Å². The summed E-state index contributed by atoms with van der Waals surface area (Å²) in [6.07, 6.45) is 11.6. The number of rotatable bonds is 16. The lowest BCUT2D eigenvalue weighted by Gasteiger charge is -2.03. The Kier molecular flexibility index (Phi) is 16.2. The highest BCUT2D eigenvalue weighted by Gasteiger charge is 2.01. The molecule has 0 aromatic heterocycles. The van der Waals surface area contributed by atoms with E-state index in [0.29, 0.717) is 24.7 Å². The Morgan fingerprint density at radius 2 is 1.15 bits per heavy atom. The van der Waals surface area contributed by atoms with Gasteiger partial charge in [0.05, 0.1) is 0 Å². The second-order valence-corrected chi connectivity index (χ2v) is 7.66. The van der Waals surface area contributed by atoms with Crippen LogP contribution in [0.1, 0.15) is 91.9 Å². The zero-order valence-corrected chi connectivity index (χ0v) is 17.5. The van der Waals surface area contributed by atoms with Crippen molar-refractivity contribution >= 4 is 24.6 Å². The Morgan fingerprint density at radius 1 is 0.741 bits per heavy atom. The first-order valence-electron chi connectivity index (χ1n) is 10.2. The van der Waals surface area contributed by atoms with Gasteiger partial charge < -0.3 is 4.74 Å². The summed E-state index contributed by atoms with van der Waals surface area (Å²) in [6.45, 7) is 8.80. The quantitative estimate of drug-likeness (QED) is 0.180. The number of carbonyl (C=O) groups excluding carboxylic acids is 2. The number of nitrogens with one attached hydrogen (secondary N) is 2. The van der Waals surface area contributed by atoms with Gasteiger partial charge in [0.25, 0.3) is 0 Å². The third-order valence-corrected chi connectivity index (χ3v) is 3.98. The molecule has 0 saturated carbocycles. The Balaban J connectivity index is 3.55. The highest BCUT2D eigenvalue weighted by molar-refractivity contribution is 5.77. The summed E-state index contributed by atoms with van der Waals surface area (Å²) in [5.74, 6) is 1.15. The molecule has 2 N–H and O–H groups in total. The highest BCUT2D eigenvalue weighted by atomic mass is 16.5. The number of hydrogen-bond acceptors (Lipinski definition) is 5. The average molecular weight is 383 g/mol.